The van der Waals surface area contributed by atoms with Gasteiger partial charge in [-0.05, 0) is 42.0 Å². The van der Waals surface area contributed by atoms with E-state index < -0.39 is 22.5 Å². The van der Waals surface area contributed by atoms with Gasteiger partial charge in [0.1, 0.15) is 0 Å². The highest BCUT2D eigenvalue weighted by Gasteiger charge is 2.30. The second kappa shape index (κ2) is 6.07. The fraction of sp³-hybridized carbons (Fsp3) is 0.143. The maximum atomic E-state index is 12.6. The minimum atomic E-state index is -4.46. The van der Waals surface area contributed by atoms with Gasteiger partial charge >= 0.3 is 6.18 Å². The molecule has 1 unspecified atom stereocenters. The minimum Gasteiger partial charge on any atom is -0.399 e. The second-order valence-electron chi connectivity index (χ2n) is 4.37. The van der Waals surface area contributed by atoms with E-state index >= 15 is 0 Å². The van der Waals surface area contributed by atoms with Crippen LogP contribution in [0.2, 0.25) is 5.02 Å². The molecule has 0 spiro atoms. The van der Waals surface area contributed by atoms with E-state index in [4.69, 9.17) is 17.3 Å². The summed E-state index contributed by atoms with van der Waals surface area (Å²) in [5.74, 6) is 0.00514. The van der Waals surface area contributed by atoms with Crippen LogP contribution in [0.15, 0.2) is 47.4 Å². The largest absolute Gasteiger partial charge is 0.416 e. The molecular formula is C14H11ClF3NOS. The van der Waals surface area contributed by atoms with Crippen LogP contribution in [-0.4, -0.2) is 4.21 Å². The Morgan fingerprint density at radius 2 is 1.86 bits per heavy atom. The van der Waals surface area contributed by atoms with Gasteiger partial charge in [0.2, 0.25) is 0 Å². The van der Waals surface area contributed by atoms with E-state index in [0.717, 1.165) is 12.1 Å². The van der Waals surface area contributed by atoms with Gasteiger partial charge in [0.05, 0.1) is 22.1 Å². The molecule has 112 valence electrons. The van der Waals surface area contributed by atoms with Crippen molar-refractivity contribution in [2.45, 2.75) is 16.8 Å². The molecule has 0 heterocycles. The summed E-state index contributed by atoms with van der Waals surface area (Å²) in [6.07, 6.45) is -4.46. The van der Waals surface area contributed by atoms with E-state index in [1.165, 1.54) is 12.1 Å². The number of benzene rings is 2. The molecule has 1 atom stereocenters. The van der Waals surface area contributed by atoms with Gasteiger partial charge in [-0.15, -0.1) is 0 Å². The SMILES string of the molecule is Nc1ccc(Cl)c(CS(=O)c2cccc(C(F)(F)F)c2)c1. The van der Waals surface area contributed by atoms with E-state index in [-0.39, 0.29) is 10.6 Å². The molecule has 2 aromatic carbocycles. The van der Waals surface area contributed by atoms with E-state index in [9.17, 15) is 17.4 Å². The van der Waals surface area contributed by atoms with Gasteiger partial charge in [-0.1, -0.05) is 17.7 Å². The quantitative estimate of drug-likeness (QED) is 0.853. The number of halogens is 4. The van der Waals surface area contributed by atoms with E-state index in [1.54, 1.807) is 18.2 Å². The van der Waals surface area contributed by atoms with Gasteiger partial charge in [0.25, 0.3) is 0 Å². The number of hydrogen-bond acceptors (Lipinski definition) is 2. The fourth-order valence-electron chi connectivity index (χ4n) is 1.74. The van der Waals surface area contributed by atoms with Crippen molar-refractivity contribution in [1.29, 1.82) is 0 Å². The molecular weight excluding hydrogens is 323 g/mol. The Labute approximate surface area is 127 Å². The molecule has 2 nitrogen and oxygen atoms in total. The van der Waals surface area contributed by atoms with Crippen LogP contribution in [0.1, 0.15) is 11.1 Å². The van der Waals surface area contributed by atoms with Crippen molar-refractivity contribution in [3.63, 3.8) is 0 Å². The Morgan fingerprint density at radius 3 is 2.52 bits per heavy atom. The molecule has 7 heteroatoms. The molecule has 0 aliphatic heterocycles. The summed E-state index contributed by atoms with van der Waals surface area (Å²) in [6, 6.07) is 9.18. The molecule has 2 aromatic rings. The van der Waals surface area contributed by atoms with E-state index in [0.29, 0.717) is 16.3 Å². The molecule has 0 saturated heterocycles. The lowest BCUT2D eigenvalue weighted by Crippen LogP contribution is -2.06. The number of nitrogens with two attached hydrogens (primary N) is 1. The third-order valence-electron chi connectivity index (χ3n) is 2.78. The third kappa shape index (κ3) is 3.98. The monoisotopic (exact) mass is 333 g/mol. The van der Waals surface area contributed by atoms with Gasteiger partial charge < -0.3 is 5.73 Å². The molecule has 0 amide bonds. The first kappa shape index (κ1) is 15.9. The maximum absolute atomic E-state index is 12.6. The highest BCUT2D eigenvalue weighted by Crippen LogP contribution is 2.31. The third-order valence-corrected chi connectivity index (χ3v) is 4.50. The van der Waals surface area contributed by atoms with Gasteiger partial charge in [-0.2, -0.15) is 13.2 Å². The topological polar surface area (TPSA) is 43.1 Å². The highest BCUT2D eigenvalue weighted by molar-refractivity contribution is 7.84. The molecule has 2 rings (SSSR count). The average molecular weight is 334 g/mol. The van der Waals surface area contributed by atoms with E-state index in [2.05, 4.69) is 0 Å². The van der Waals surface area contributed by atoms with Crippen LogP contribution in [0.25, 0.3) is 0 Å². The minimum absolute atomic E-state index is 0.00514. The van der Waals surface area contributed by atoms with Crippen LogP contribution in [-0.2, 0) is 22.7 Å². The summed E-state index contributed by atoms with van der Waals surface area (Å²) < 4.78 is 50.1. The number of nitrogen functional groups attached to an aromatic ring is 1. The van der Waals surface area contributed by atoms with E-state index in [1.807, 2.05) is 0 Å². The molecule has 2 N–H and O–H groups in total. The summed E-state index contributed by atoms with van der Waals surface area (Å²) >= 11 is 5.96. The standard InChI is InChI=1S/C14H11ClF3NOS/c15-13-5-4-11(19)6-9(13)8-21(20)12-3-1-2-10(7-12)14(16,17)18/h1-7H,8,19H2. The molecule has 0 radical (unpaired) electrons. The first-order valence-electron chi connectivity index (χ1n) is 5.87. The summed E-state index contributed by atoms with van der Waals surface area (Å²) in [6.45, 7) is 0. The molecule has 0 saturated carbocycles. The Morgan fingerprint density at radius 1 is 1.14 bits per heavy atom. The Balaban J connectivity index is 2.27. The van der Waals surface area contributed by atoms with Crippen molar-refractivity contribution in [2.75, 3.05) is 5.73 Å². The lowest BCUT2D eigenvalue weighted by molar-refractivity contribution is -0.137. The van der Waals surface area contributed by atoms with Crippen LogP contribution in [0, 0.1) is 0 Å². The molecule has 21 heavy (non-hydrogen) atoms. The molecule has 0 aliphatic rings. The van der Waals surface area contributed by atoms with Crippen molar-refractivity contribution >= 4 is 28.1 Å². The van der Waals surface area contributed by atoms with Gasteiger partial charge in [0, 0.05) is 15.6 Å². The predicted molar refractivity (Wildman–Crippen MR) is 77.4 cm³/mol. The first-order chi connectivity index (χ1) is 9.77. The lowest BCUT2D eigenvalue weighted by Gasteiger charge is -2.09. The number of rotatable bonds is 3. The number of alkyl halides is 3. The maximum Gasteiger partial charge on any atom is 0.416 e. The van der Waals surface area contributed by atoms with Gasteiger partial charge in [-0.3, -0.25) is 4.21 Å². The van der Waals surface area contributed by atoms with Crippen LogP contribution < -0.4 is 5.73 Å². The van der Waals surface area contributed by atoms with Gasteiger partial charge in [0.15, 0.2) is 0 Å². The molecule has 0 fully saturated rings. The number of hydrogen-bond donors (Lipinski definition) is 1. The Kier molecular flexibility index (Phi) is 4.58. The smallest absolute Gasteiger partial charge is 0.399 e. The number of anilines is 1. The second-order valence-corrected chi connectivity index (χ2v) is 6.22. The Hall–Kier alpha value is -1.53. The van der Waals surface area contributed by atoms with Crippen molar-refractivity contribution in [1.82, 2.24) is 0 Å². The predicted octanol–water partition coefficient (Wildman–Crippen LogP) is 4.25. The zero-order valence-electron chi connectivity index (χ0n) is 10.7. The Bertz CT molecular complexity index is 688. The summed E-state index contributed by atoms with van der Waals surface area (Å²) in [5.41, 5.74) is 5.78. The van der Waals surface area contributed by atoms with Crippen LogP contribution >= 0.6 is 11.6 Å². The fourth-order valence-corrected chi connectivity index (χ4v) is 3.18. The van der Waals surface area contributed by atoms with Crippen LogP contribution in [0.5, 0.6) is 0 Å². The molecule has 0 bridgehead atoms. The first-order valence-corrected chi connectivity index (χ1v) is 7.56. The lowest BCUT2D eigenvalue weighted by atomic mass is 10.2. The van der Waals surface area contributed by atoms with Crippen molar-refractivity contribution < 1.29 is 17.4 Å². The molecule has 0 aliphatic carbocycles. The average Bonchev–Trinajstić information content (AvgIpc) is 2.42. The van der Waals surface area contributed by atoms with Crippen LogP contribution in [0.3, 0.4) is 0 Å². The van der Waals surface area contributed by atoms with Gasteiger partial charge in [-0.25, -0.2) is 0 Å². The summed E-state index contributed by atoms with van der Waals surface area (Å²) in [4.78, 5) is 0.100. The summed E-state index contributed by atoms with van der Waals surface area (Å²) in [7, 11) is -1.64. The zero-order chi connectivity index (χ0) is 15.6. The zero-order valence-corrected chi connectivity index (χ0v) is 12.2. The molecule has 0 aromatic heterocycles. The van der Waals surface area contributed by atoms with Crippen molar-refractivity contribution in [3.05, 3.63) is 58.6 Å². The van der Waals surface area contributed by atoms with Crippen molar-refractivity contribution in [2.24, 2.45) is 0 Å². The van der Waals surface area contributed by atoms with Crippen molar-refractivity contribution in [3.8, 4) is 0 Å². The summed E-state index contributed by atoms with van der Waals surface area (Å²) in [5, 5.41) is 0.379. The highest BCUT2D eigenvalue weighted by atomic mass is 35.5. The normalized spacial score (nSPS) is 13.1. The van der Waals surface area contributed by atoms with Crippen LogP contribution in [0.4, 0.5) is 18.9 Å².